The number of quaternary nitrogens is 1. The van der Waals surface area contributed by atoms with Gasteiger partial charge in [-0.05, 0) is 96.3 Å². The molecule has 9 nitrogen and oxygen atoms in total. The number of carbonyl (C=O) groups is 3. The summed E-state index contributed by atoms with van der Waals surface area (Å²) in [5.74, 6) is -2.27. The van der Waals surface area contributed by atoms with Gasteiger partial charge >= 0.3 is 11.9 Å². The van der Waals surface area contributed by atoms with Crippen LogP contribution in [0, 0.1) is 0 Å². The zero-order valence-electron chi connectivity index (χ0n) is 60.2. The Morgan fingerprint density at radius 1 is 0.341 bits per heavy atom. The molecule has 0 fully saturated rings. The van der Waals surface area contributed by atoms with Gasteiger partial charge < -0.3 is 33.3 Å². The van der Waals surface area contributed by atoms with Crippen molar-refractivity contribution in [1.29, 1.82) is 0 Å². The predicted molar refractivity (Wildman–Crippen MR) is 389 cm³/mol. The number of allylic oxidation sites excluding steroid dienone is 16. The Kier molecular flexibility index (Phi) is 69.0. The van der Waals surface area contributed by atoms with Crippen LogP contribution in [0.2, 0.25) is 0 Å². The first-order valence-corrected chi connectivity index (χ1v) is 38.4. The lowest BCUT2D eigenvalue weighted by molar-refractivity contribution is -0.870. The Hall–Kier alpha value is -3.79. The summed E-state index contributed by atoms with van der Waals surface area (Å²) in [4.78, 5) is 37.6. The van der Waals surface area contributed by atoms with Crippen LogP contribution in [0.1, 0.15) is 348 Å². The summed E-state index contributed by atoms with van der Waals surface area (Å²) in [6.07, 6.45) is 96.5. The molecule has 0 heterocycles. The normalized spacial score (nSPS) is 13.2. The molecule has 0 saturated carbocycles. The molecule has 0 N–H and O–H groups in total. The van der Waals surface area contributed by atoms with Crippen molar-refractivity contribution in [3.63, 3.8) is 0 Å². The Morgan fingerprint density at radius 3 is 0.934 bits per heavy atom. The van der Waals surface area contributed by atoms with Gasteiger partial charge in [0.1, 0.15) is 13.2 Å². The van der Waals surface area contributed by atoms with Crippen LogP contribution in [-0.4, -0.2) is 82.3 Å². The number of hydrogen-bond acceptors (Lipinski definition) is 8. The van der Waals surface area contributed by atoms with Gasteiger partial charge in [-0.15, -0.1) is 0 Å². The van der Waals surface area contributed by atoms with Crippen LogP contribution in [0.5, 0.6) is 0 Å². The highest BCUT2D eigenvalue weighted by atomic mass is 16.7. The van der Waals surface area contributed by atoms with E-state index in [0.29, 0.717) is 23.9 Å². The van der Waals surface area contributed by atoms with E-state index in [0.717, 1.165) is 77.0 Å². The molecule has 9 heteroatoms. The van der Waals surface area contributed by atoms with E-state index < -0.39 is 24.3 Å². The molecular formula is C82H145NO8. The first-order valence-electron chi connectivity index (χ1n) is 38.4. The molecule has 0 spiro atoms. The lowest BCUT2D eigenvalue weighted by atomic mass is 10.0. The van der Waals surface area contributed by atoms with Crippen molar-refractivity contribution < 1.29 is 42.9 Å². The summed E-state index contributed by atoms with van der Waals surface area (Å²) >= 11 is 0. The van der Waals surface area contributed by atoms with E-state index in [4.69, 9.17) is 18.9 Å². The quantitative estimate of drug-likeness (QED) is 0.0195. The highest BCUT2D eigenvalue weighted by Gasteiger charge is 2.22. The summed E-state index contributed by atoms with van der Waals surface area (Å²) in [5, 5.41) is 11.9. The third-order valence-electron chi connectivity index (χ3n) is 16.8. The molecule has 0 aliphatic rings. The van der Waals surface area contributed by atoms with E-state index in [1.807, 2.05) is 21.1 Å². The highest BCUT2D eigenvalue weighted by Crippen LogP contribution is 2.18. The number of ether oxygens (including phenoxy) is 4. The van der Waals surface area contributed by atoms with E-state index in [2.05, 4.69) is 111 Å². The van der Waals surface area contributed by atoms with Crippen molar-refractivity contribution in [2.75, 3.05) is 47.5 Å². The van der Waals surface area contributed by atoms with E-state index >= 15 is 0 Å². The minimum absolute atomic E-state index is 0.147. The van der Waals surface area contributed by atoms with Gasteiger partial charge in [0.25, 0.3) is 0 Å². The number of nitrogens with zero attached hydrogens (tertiary/aromatic N) is 1. The number of rotatable bonds is 71. The van der Waals surface area contributed by atoms with Crippen LogP contribution in [0.4, 0.5) is 0 Å². The number of likely N-dealkylation sites (N-methyl/N-ethyl adjacent to an activating group) is 1. The van der Waals surface area contributed by atoms with Crippen molar-refractivity contribution >= 4 is 17.9 Å². The van der Waals surface area contributed by atoms with Gasteiger partial charge in [0.2, 0.25) is 0 Å². The Balaban J connectivity index is 4.03. The maximum absolute atomic E-state index is 13.0. The SMILES string of the molecule is CC/C=C\C/C=C\C/C=C\C/C=C\C/C=C\CCCCCCCCCCCCCCCCCCCCCCCC(=O)OC(COC(=O)CCCCCCCCCCCCCCCC/C=C\C/C=C\C/C=C\CCCCCCC)COC(OCC[N+](C)(C)C)C(=O)[O-]. The monoisotopic (exact) mass is 1270 g/mol. The van der Waals surface area contributed by atoms with Gasteiger partial charge in [-0.2, -0.15) is 0 Å². The van der Waals surface area contributed by atoms with E-state index in [1.54, 1.807) is 0 Å². The molecule has 2 unspecified atom stereocenters. The number of carboxylic acid groups (broad SMARTS) is 1. The van der Waals surface area contributed by atoms with Crippen LogP contribution < -0.4 is 5.11 Å². The van der Waals surface area contributed by atoms with Gasteiger partial charge in [0, 0.05) is 12.8 Å². The molecule has 2 atom stereocenters. The average Bonchev–Trinajstić information content (AvgIpc) is 3.50. The lowest BCUT2D eigenvalue weighted by Gasteiger charge is -2.26. The summed E-state index contributed by atoms with van der Waals surface area (Å²) in [6.45, 7) is 4.67. The Labute approximate surface area is 562 Å². The second kappa shape index (κ2) is 72.0. The molecule has 0 aliphatic carbocycles. The fourth-order valence-corrected chi connectivity index (χ4v) is 11.0. The molecule has 0 aromatic rings. The summed E-state index contributed by atoms with van der Waals surface area (Å²) in [7, 11) is 5.94. The van der Waals surface area contributed by atoms with Crippen molar-refractivity contribution in [2.24, 2.45) is 0 Å². The van der Waals surface area contributed by atoms with Crippen LogP contribution in [0.15, 0.2) is 97.2 Å². The molecule has 0 aliphatic heterocycles. The highest BCUT2D eigenvalue weighted by molar-refractivity contribution is 5.70. The molecule has 0 rings (SSSR count). The van der Waals surface area contributed by atoms with E-state index in [-0.39, 0.29) is 32.2 Å². The molecule has 91 heavy (non-hydrogen) atoms. The number of esters is 2. The zero-order chi connectivity index (χ0) is 66.1. The lowest BCUT2D eigenvalue weighted by Crippen LogP contribution is -2.44. The van der Waals surface area contributed by atoms with Crippen molar-refractivity contribution in [1.82, 2.24) is 0 Å². The first kappa shape index (κ1) is 87.2. The van der Waals surface area contributed by atoms with Gasteiger partial charge in [-0.25, -0.2) is 0 Å². The minimum Gasteiger partial charge on any atom is -0.545 e. The van der Waals surface area contributed by atoms with Crippen LogP contribution in [0.3, 0.4) is 0 Å². The molecule has 0 amide bonds. The van der Waals surface area contributed by atoms with Crippen LogP contribution >= 0.6 is 0 Å². The van der Waals surface area contributed by atoms with Crippen molar-refractivity contribution in [2.45, 2.75) is 360 Å². The summed E-state index contributed by atoms with van der Waals surface area (Å²) < 4.78 is 22.9. The van der Waals surface area contributed by atoms with E-state index in [1.165, 1.54) is 238 Å². The third-order valence-corrected chi connectivity index (χ3v) is 16.8. The number of aliphatic carboxylic acids is 1. The molecule has 0 saturated heterocycles. The standard InChI is InChI=1S/C82H145NO8/c1-6-8-10-12-14-16-18-20-22-24-26-28-30-32-34-36-37-38-39-40-41-42-43-45-47-49-51-53-55-57-59-61-63-65-67-69-71-73-80(85)91-78(77-90-82(81(86)87)88-75-74-83(3,4)5)76-89-79(84)72-70-68-66-64-62-60-58-56-54-52-50-48-46-44-35-33-31-29-27-25-23-21-19-17-15-13-11-9-7-2/h8,10,14,16,19-22,25-28,31-34,78,82H,6-7,9,11-13,15,17-18,23-24,29-30,35-77H2,1-5H3/b10-8-,16-14-,21-19-,22-20-,27-25-,28-26-,33-31-,34-32-. The maximum Gasteiger partial charge on any atom is 0.306 e. The van der Waals surface area contributed by atoms with E-state index in [9.17, 15) is 19.5 Å². The average molecular weight is 1270 g/mol. The van der Waals surface area contributed by atoms with Crippen molar-refractivity contribution in [3.05, 3.63) is 97.2 Å². The van der Waals surface area contributed by atoms with Crippen LogP contribution in [0.25, 0.3) is 0 Å². The Bertz CT molecular complexity index is 1820. The molecule has 0 bridgehead atoms. The maximum atomic E-state index is 13.0. The predicted octanol–water partition coefficient (Wildman–Crippen LogP) is 23.0. The minimum atomic E-state index is -1.62. The van der Waals surface area contributed by atoms with Crippen LogP contribution in [-0.2, 0) is 33.3 Å². The smallest absolute Gasteiger partial charge is 0.306 e. The van der Waals surface area contributed by atoms with Gasteiger partial charge in [0.05, 0.1) is 40.3 Å². The second-order valence-electron chi connectivity index (χ2n) is 26.9. The number of unbranched alkanes of at least 4 members (excludes halogenated alkanes) is 40. The van der Waals surface area contributed by atoms with Crippen molar-refractivity contribution in [3.8, 4) is 0 Å². The number of hydrogen-bond donors (Lipinski definition) is 0. The number of carbonyl (C=O) groups excluding carboxylic acids is 3. The first-order chi connectivity index (χ1) is 44.6. The molecule has 0 radical (unpaired) electrons. The molecule has 0 aromatic heterocycles. The Morgan fingerprint density at radius 2 is 0.626 bits per heavy atom. The summed E-state index contributed by atoms with van der Waals surface area (Å²) in [5.41, 5.74) is 0. The van der Waals surface area contributed by atoms with Gasteiger partial charge in [0.15, 0.2) is 12.4 Å². The molecule has 526 valence electrons. The van der Waals surface area contributed by atoms with Gasteiger partial charge in [-0.3, -0.25) is 9.59 Å². The fraction of sp³-hybridized carbons (Fsp3) is 0.768. The molecular weight excluding hydrogens is 1130 g/mol. The number of carboxylic acids is 1. The molecule has 0 aromatic carbocycles. The topological polar surface area (TPSA) is 111 Å². The largest absolute Gasteiger partial charge is 0.545 e. The zero-order valence-corrected chi connectivity index (χ0v) is 60.2. The third kappa shape index (κ3) is 73.5. The summed E-state index contributed by atoms with van der Waals surface area (Å²) in [6, 6.07) is 0. The van der Waals surface area contributed by atoms with Gasteiger partial charge in [-0.1, -0.05) is 336 Å². The second-order valence-corrected chi connectivity index (χ2v) is 26.9. The fourth-order valence-electron chi connectivity index (χ4n) is 11.0.